The number of ether oxygens (including phenoxy) is 13. The molecule has 1 unspecified atom stereocenters. The molecular formula is C40H69NO31. The molecule has 0 spiro atoms. The molecular weight excluding hydrogens is 990 g/mol. The number of aliphatic hydroxyl groups is 17. The van der Waals surface area contributed by atoms with E-state index in [1.807, 2.05) is 0 Å². The molecule has 32 heteroatoms. The topological polar surface area (TPSA) is 493 Å². The Morgan fingerprint density at radius 3 is 1.14 bits per heavy atom. The minimum atomic E-state index is -2.21. The van der Waals surface area contributed by atoms with Crippen LogP contribution in [0.15, 0.2) is 0 Å². The Labute approximate surface area is 409 Å². The van der Waals surface area contributed by atoms with Gasteiger partial charge >= 0.3 is 0 Å². The zero-order valence-electron chi connectivity index (χ0n) is 38.9. The Bertz CT molecular complexity index is 1660. The van der Waals surface area contributed by atoms with Crippen molar-refractivity contribution in [2.24, 2.45) is 0 Å². The van der Waals surface area contributed by atoms with E-state index in [9.17, 15) is 91.6 Å². The van der Waals surface area contributed by atoms with E-state index in [1.165, 1.54) is 7.11 Å². The molecule has 18 N–H and O–H groups in total. The number of aliphatic hydroxyl groups excluding tert-OH is 17. The van der Waals surface area contributed by atoms with Crippen LogP contribution < -0.4 is 5.32 Å². The third-order valence-electron chi connectivity index (χ3n) is 13.3. The zero-order chi connectivity index (χ0) is 53.0. The summed E-state index contributed by atoms with van der Waals surface area (Å²) in [5.41, 5.74) is 0. The molecule has 420 valence electrons. The van der Waals surface area contributed by atoms with Crippen molar-refractivity contribution in [2.75, 3.05) is 53.9 Å². The van der Waals surface area contributed by atoms with Gasteiger partial charge in [-0.05, 0) is 0 Å². The van der Waals surface area contributed by atoms with Gasteiger partial charge in [0.05, 0.1) is 39.6 Å². The van der Waals surface area contributed by atoms with Gasteiger partial charge in [0.2, 0.25) is 5.91 Å². The minimum Gasteiger partial charge on any atom is -0.394 e. The van der Waals surface area contributed by atoms with Gasteiger partial charge in [-0.2, -0.15) is 0 Å². The van der Waals surface area contributed by atoms with Crippen molar-refractivity contribution >= 4 is 5.91 Å². The van der Waals surface area contributed by atoms with Crippen LogP contribution in [0, 0.1) is 0 Å². The van der Waals surface area contributed by atoms with Crippen molar-refractivity contribution in [2.45, 2.75) is 191 Å². The molecule has 0 aromatic carbocycles. The van der Waals surface area contributed by atoms with E-state index in [0.717, 1.165) is 14.0 Å². The molecule has 72 heavy (non-hydrogen) atoms. The van der Waals surface area contributed by atoms with Gasteiger partial charge in [0, 0.05) is 21.1 Å². The van der Waals surface area contributed by atoms with Crippen molar-refractivity contribution in [3.8, 4) is 0 Å². The maximum atomic E-state index is 11.9. The van der Waals surface area contributed by atoms with Crippen LogP contribution in [0.5, 0.6) is 0 Å². The average Bonchev–Trinajstić information content (AvgIpc) is 3.35. The van der Waals surface area contributed by atoms with Crippen molar-refractivity contribution in [1.29, 1.82) is 0 Å². The Hall–Kier alpha value is -1.73. The zero-order valence-corrected chi connectivity index (χ0v) is 38.9. The van der Waals surface area contributed by atoms with Crippen LogP contribution >= 0.6 is 0 Å². The first-order valence-corrected chi connectivity index (χ1v) is 22.9. The molecule has 1 amide bonds. The Morgan fingerprint density at radius 2 is 0.736 bits per heavy atom. The van der Waals surface area contributed by atoms with Crippen LogP contribution in [0.3, 0.4) is 0 Å². The lowest BCUT2D eigenvalue weighted by molar-refractivity contribution is -0.411. The summed E-state index contributed by atoms with van der Waals surface area (Å²) in [5, 5.41) is 186. The second-order valence-corrected chi connectivity index (χ2v) is 18.0. The molecule has 6 rings (SSSR count). The van der Waals surface area contributed by atoms with E-state index < -0.39 is 230 Å². The van der Waals surface area contributed by atoms with E-state index in [4.69, 9.17) is 61.6 Å². The molecule has 6 heterocycles. The van der Waals surface area contributed by atoms with Crippen LogP contribution in [0.4, 0.5) is 0 Å². The molecule has 0 aromatic rings. The smallest absolute Gasteiger partial charge is 0.217 e. The van der Waals surface area contributed by atoms with Crippen molar-refractivity contribution in [1.82, 2.24) is 5.32 Å². The summed E-state index contributed by atoms with van der Waals surface area (Å²) in [5.74, 6) is -0.734. The number of carbonyl (C=O) groups is 1. The average molecular weight is 1060 g/mol. The van der Waals surface area contributed by atoms with Crippen molar-refractivity contribution < 1.29 is 153 Å². The highest BCUT2D eigenvalue weighted by molar-refractivity contribution is 5.73. The van der Waals surface area contributed by atoms with E-state index in [-0.39, 0.29) is 0 Å². The summed E-state index contributed by atoms with van der Waals surface area (Å²) < 4.78 is 74.0. The number of methoxy groups -OCH3 is 2. The number of hydrogen-bond donors (Lipinski definition) is 18. The molecule has 6 fully saturated rings. The van der Waals surface area contributed by atoms with Gasteiger partial charge in [-0.15, -0.1) is 0 Å². The van der Waals surface area contributed by atoms with E-state index in [0.29, 0.717) is 0 Å². The maximum Gasteiger partial charge on any atom is 0.217 e. The standard InChI is InChI=1S/C40H69NO31/c1-10(47)41-17-23(53)29(15(8-46)63-35(17)59)69-38-33(25(55)19(49)11(4-42)65-38)71-40-34(26(56)20(50)13(6-44)67-40)72-39-32(24(54)18(48)12(5-43)66-39)70-37-28(58)31(61-3)22(52)16(68-37)9-62-36-27(57)30(60-2)21(51)14(7-45)64-36/h11-40,42-46,48-59H,4-9H2,1-3H3,(H,41,47)/t11-,12-,13-,14-,15-,16-,17-,18-,19-,20-,21-,22-,23-,24+,25+,26+,27+,28+,29+,30+,31+,32+,33+,34+,35?,36+,37-,38-,39-,40-/m1/s1. The highest BCUT2D eigenvalue weighted by Crippen LogP contribution is 2.37. The third-order valence-corrected chi connectivity index (χ3v) is 13.3. The lowest BCUT2D eigenvalue weighted by Gasteiger charge is -2.50. The summed E-state index contributed by atoms with van der Waals surface area (Å²) in [6.07, 6.45) is -53.5. The second kappa shape index (κ2) is 26.1. The molecule has 0 bridgehead atoms. The predicted molar refractivity (Wildman–Crippen MR) is 220 cm³/mol. The lowest BCUT2D eigenvalue weighted by atomic mass is 9.95. The van der Waals surface area contributed by atoms with Crippen molar-refractivity contribution in [3.05, 3.63) is 0 Å². The summed E-state index contributed by atoms with van der Waals surface area (Å²) in [4.78, 5) is 11.9. The molecule has 0 radical (unpaired) electrons. The summed E-state index contributed by atoms with van der Waals surface area (Å²) >= 11 is 0. The SMILES string of the molecule is CO[C@@H]1[C@H](O)[C@@H](OC[C@H]2O[C@H](O[C@@H]3[C@@H](O[C@@H]4[C@@H](O[C@@H]5[C@@H](O[C@@H]6[C@H](O)[C@@H](NC(C)=O)C(O)O[C@@H]6CO)O[C@H](CO)[C@@H](O)[C@@H]5O)O[C@H](CO)[C@@H](O)[C@@H]4O)O[C@H](CO)[C@@H](O)[C@@H]3O)[C@@H](O)[C@@H](OC)[C@@H]2O)O[C@H](CO)[C@H]1O. The normalized spacial score (nSPS) is 50.4. The van der Waals surface area contributed by atoms with Gasteiger partial charge in [0.25, 0.3) is 0 Å². The van der Waals surface area contributed by atoms with Gasteiger partial charge in [0.1, 0.15) is 146 Å². The summed E-state index contributed by atoms with van der Waals surface area (Å²) in [6.45, 7) is -4.26. The Balaban J connectivity index is 1.28. The van der Waals surface area contributed by atoms with Gasteiger partial charge in [0.15, 0.2) is 37.7 Å². The first-order valence-electron chi connectivity index (χ1n) is 22.9. The quantitative estimate of drug-likeness (QED) is 0.0571. The van der Waals surface area contributed by atoms with Crippen LogP contribution in [0.25, 0.3) is 0 Å². The van der Waals surface area contributed by atoms with E-state index in [2.05, 4.69) is 5.32 Å². The molecule has 0 saturated carbocycles. The fourth-order valence-corrected chi connectivity index (χ4v) is 9.28. The van der Waals surface area contributed by atoms with Crippen molar-refractivity contribution in [3.63, 3.8) is 0 Å². The van der Waals surface area contributed by atoms with E-state index >= 15 is 0 Å². The van der Waals surface area contributed by atoms with Gasteiger partial charge < -0.3 is 154 Å². The fraction of sp³-hybridized carbons (Fsp3) is 0.975. The number of amides is 1. The molecule has 6 aliphatic rings. The third kappa shape index (κ3) is 12.5. The fourth-order valence-electron chi connectivity index (χ4n) is 9.28. The van der Waals surface area contributed by atoms with Gasteiger partial charge in [-0.25, -0.2) is 0 Å². The molecule has 0 aromatic heterocycles. The maximum absolute atomic E-state index is 11.9. The van der Waals surface area contributed by atoms with Gasteiger partial charge in [-0.1, -0.05) is 0 Å². The molecule has 32 nitrogen and oxygen atoms in total. The van der Waals surface area contributed by atoms with Crippen LogP contribution in [-0.2, 0) is 66.4 Å². The van der Waals surface area contributed by atoms with E-state index in [1.54, 1.807) is 0 Å². The largest absolute Gasteiger partial charge is 0.394 e. The predicted octanol–water partition coefficient (Wildman–Crippen LogP) is -12.6. The number of rotatable bonds is 19. The molecule has 6 saturated heterocycles. The summed E-state index contributed by atoms with van der Waals surface area (Å²) in [7, 11) is 2.26. The highest BCUT2D eigenvalue weighted by Gasteiger charge is 2.58. The Morgan fingerprint density at radius 1 is 0.389 bits per heavy atom. The van der Waals surface area contributed by atoms with Gasteiger partial charge in [-0.3, -0.25) is 4.79 Å². The van der Waals surface area contributed by atoms with Crippen LogP contribution in [0.1, 0.15) is 6.92 Å². The molecule has 6 aliphatic heterocycles. The molecule has 30 atom stereocenters. The van der Waals surface area contributed by atoms with Crippen LogP contribution in [-0.4, -0.2) is 331 Å². The Kier molecular flexibility index (Phi) is 21.6. The monoisotopic (exact) mass is 1060 g/mol. The highest BCUT2D eigenvalue weighted by atomic mass is 16.8. The first-order chi connectivity index (χ1) is 34.2. The summed E-state index contributed by atoms with van der Waals surface area (Å²) in [6, 6.07) is -1.58. The lowest BCUT2D eigenvalue weighted by Crippen LogP contribution is -2.69. The second-order valence-electron chi connectivity index (χ2n) is 18.0. The minimum absolute atomic E-state index is 0.687. The number of hydrogen-bond acceptors (Lipinski definition) is 31. The molecule has 0 aliphatic carbocycles. The first kappa shape index (κ1) is 59.5. The number of nitrogens with one attached hydrogen (secondary N) is 1. The van der Waals surface area contributed by atoms with Crippen LogP contribution in [0.2, 0.25) is 0 Å². The number of carbonyl (C=O) groups excluding carboxylic acids is 1.